The summed E-state index contributed by atoms with van der Waals surface area (Å²) in [5.41, 5.74) is 2.35. The van der Waals surface area contributed by atoms with Crippen LogP contribution >= 0.6 is 0 Å². The van der Waals surface area contributed by atoms with E-state index in [1.165, 1.54) is 5.56 Å². The van der Waals surface area contributed by atoms with E-state index in [1.54, 1.807) is 24.3 Å². The van der Waals surface area contributed by atoms with Crippen molar-refractivity contribution in [1.29, 1.82) is 5.26 Å². The van der Waals surface area contributed by atoms with Gasteiger partial charge in [0.25, 0.3) is 5.91 Å². The first-order valence-electron chi connectivity index (χ1n) is 8.62. The predicted octanol–water partition coefficient (Wildman–Crippen LogP) is 3.02. The van der Waals surface area contributed by atoms with Crippen LogP contribution in [0.3, 0.4) is 0 Å². The van der Waals surface area contributed by atoms with Crippen LogP contribution in [0.2, 0.25) is 0 Å². The van der Waals surface area contributed by atoms with Crippen molar-refractivity contribution in [2.45, 2.75) is 26.8 Å². The maximum absolute atomic E-state index is 12.2. The van der Waals surface area contributed by atoms with E-state index in [-0.39, 0.29) is 5.91 Å². The van der Waals surface area contributed by atoms with E-state index in [9.17, 15) is 4.79 Å². The number of nitriles is 1. The monoisotopic (exact) mass is 337 g/mol. The number of furan rings is 1. The molecule has 0 spiro atoms. The van der Waals surface area contributed by atoms with Gasteiger partial charge < -0.3 is 9.73 Å². The average Bonchev–Trinajstić information content (AvgIpc) is 3.19. The lowest BCUT2D eigenvalue weighted by molar-refractivity contribution is 0.0947. The summed E-state index contributed by atoms with van der Waals surface area (Å²) in [7, 11) is 0. The number of likely N-dealkylation sites (tertiary alicyclic amines) is 1. The van der Waals surface area contributed by atoms with Gasteiger partial charge in [-0.25, -0.2) is 0 Å². The zero-order valence-corrected chi connectivity index (χ0v) is 14.7. The Labute approximate surface area is 148 Å². The van der Waals surface area contributed by atoms with E-state index >= 15 is 0 Å². The molecular formula is C20H23N3O2. The summed E-state index contributed by atoms with van der Waals surface area (Å²) in [5, 5.41) is 11.8. The molecule has 0 bridgehead atoms. The highest BCUT2D eigenvalue weighted by Gasteiger charge is 2.24. The summed E-state index contributed by atoms with van der Waals surface area (Å²) in [5.74, 6) is 2.37. The third-order valence-electron chi connectivity index (χ3n) is 4.79. The van der Waals surface area contributed by atoms with E-state index in [0.717, 1.165) is 37.6 Å². The SMILES string of the molecule is Cc1cc(CN2CCC(CNC(=O)c3ccc(C#N)cc3)C2)oc1C. The molecule has 0 saturated carbocycles. The van der Waals surface area contributed by atoms with Crippen LogP contribution in [0.5, 0.6) is 0 Å². The van der Waals surface area contributed by atoms with Crippen LogP contribution in [-0.4, -0.2) is 30.4 Å². The van der Waals surface area contributed by atoms with Crippen LogP contribution in [0.25, 0.3) is 0 Å². The topological polar surface area (TPSA) is 69.3 Å². The van der Waals surface area contributed by atoms with Crippen molar-refractivity contribution in [3.05, 3.63) is 58.5 Å². The summed E-state index contributed by atoms with van der Waals surface area (Å²) in [6, 6.07) is 10.9. The third kappa shape index (κ3) is 4.28. The van der Waals surface area contributed by atoms with Crippen molar-refractivity contribution in [2.24, 2.45) is 5.92 Å². The van der Waals surface area contributed by atoms with Gasteiger partial charge in [0.2, 0.25) is 0 Å². The van der Waals surface area contributed by atoms with E-state index in [4.69, 9.17) is 9.68 Å². The molecule has 0 radical (unpaired) electrons. The maximum Gasteiger partial charge on any atom is 0.251 e. The Morgan fingerprint density at radius 3 is 2.76 bits per heavy atom. The molecule has 2 aromatic rings. The fraction of sp³-hybridized carbons (Fsp3) is 0.400. The van der Waals surface area contributed by atoms with Crippen LogP contribution in [-0.2, 0) is 6.54 Å². The van der Waals surface area contributed by atoms with Gasteiger partial charge in [0.15, 0.2) is 0 Å². The highest BCUT2D eigenvalue weighted by atomic mass is 16.3. The fourth-order valence-electron chi connectivity index (χ4n) is 3.21. The standard InChI is InChI=1S/C20H23N3O2/c1-14-9-19(25-15(14)2)13-23-8-7-17(12-23)11-22-20(24)18-5-3-16(10-21)4-6-18/h3-6,9,17H,7-8,11-13H2,1-2H3,(H,22,24). The quantitative estimate of drug-likeness (QED) is 0.910. The molecule has 1 aliphatic heterocycles. The molecule has 25 heavy (non-hydrogen) atoms. The van der Waals surface area contributed by atoms with Crippen molar-refractivity contribution < 1.29 is 9.21 Å². The summed E-state index contributed by atoms with van der Waals surface area (Å²) >= 11 is 0. The molecule has 1 amide bonds. The maximum atomic E-state index is 12.2. The van der Waals surface area contributed by atoms with Crippen molar-refractivity contribution in [1.82, 2.24) is 10.2 Å². The first kappa shape index (κ1) is 17.2. The molecule has 0 aliphatic carbocycles. The number of amides is 1. The Morgan fingerprint density at radius 1 is 1.36 bits per heavy atom. The largest absolute Gasteiger partial charge is 0.465 e. The Balaban J connectivity index is 1.46. The van der Waals surface area contributed by atoms with Gasteiger partial charge in [-0.1, -0.05) is 0 Å². The average molecular weight is 337 g/mol. The molecule has 5 heteroatoms. The summed E-state index contributed by atoms with van der Waals surface area (Å²) in [6.45, 7) is 7.54. The zero-order chi connectivity index (χ0) is 17.8. The number of hydrogen-bond acceptors (Lipinski definition) is 4. The molecule has 2 heterocycles. The summed E-state index contributed by atoms with van der Waals surface area (Å²) in [4.78, 5) is 14.6. The second-order valence-corrected chi connectivity index (χ2v) is 6.74. The van der Waals surface area contributed by atoms with Gasteiger partial charge in [-0.3, -0.25) is 9.69 Å². The van der Waals surface area contributed by atoms with Crippen LogP contribution in [0.1, 0.15) is 39.4 Å². The van der Waals surface area contributed by atoms with Crippen molar-refractivity contribution >= 4 is 5.91 Å². The molecule has 130 valence electrons. The van der Waals surface area contributed by atoms with Gasteiger partial charge in [0.05, 0.1) is 18.2 Å². The molecule has 1 saturated heterocycles. The van der Waals surface area contributed by atoms with Crippen LogP contribution in [0.15, 0.2) is 34.7 Å². The fourth-order valence-corrected chi connectivity index (χ4v) is 3.21. The molecule has 3 rings (SSSR count). The van der Waals surface area contributed by atoms with Gasteiger partial charge in [-0.15, -0.1) is 0 Å². The molecule has 1 unspecified atom stereocenters. The highest BCUT2D eigenvalue weighted by molar-refractivity contribution is 5.94. The van der Waals surface area contributed by atoms with Gasteiger partial charge in [-0.05, 0) is 68.6 Å². The molecule has 1 aromatic heterocycles. The summed E-state index contributed by atoms with van der Waals surface area (Å²) < 4.78 is 5.75. The zero-order valence-electron chi connectivity index (χ0n) is 14.7. The van der Waals surface area contributed by atoms with Crippen LogP contribution in [0, 0.1) is 31.1 Å². The molecule has 1 N–H and O–H groups in total. The second-order valence-electron chi connectivity index (χ2n) is 6.74. The van der Waals surface area contributed by atoms with Crippen molar-refractivity contribution in [3.8, 4) is 6.07 Å². The van der Waals surface area contributed by atoms with E-state index < -0.39 is 0 Å². The Kier molecular flexibility index (Phi) is 5.20. The van der Waals surface area contributed by atoms with Gasteiger partial charge >= 0.3 is 0 Å². The van der Waals surface area contributed by atoms with Gasteiger partial charge in [0.1, 0.15) is 11.5 Å². The Morgan fingerprint density at radius 2 is 2.12 bits per heavy atom. The molecule has 5 nitrogen and oxygen atoms in total. The number of rotatable bonds is 5. The minimum atomic E-state index is -0.0831. The molecular weight excluding hydrogens is 314 g/mol. The van der Waals surface area contributed by atoms with E-state index in [0.29, 0.717) is 23.6 Å². The number of aryl methyl sites for hydroxylation is 2. The Hall–Kier alpha value is -2.58. The number of benzene rings is 1. The number of carbonyl (C=O) groups excluding carboxylic acids is 1. The smallest absolute Gasteiger partial charge is 0.251 e. The van der Waals surface area contributed by atoms with Crippen molar-refractivity contribution in [2.75, 3.05) is 19.6 Å². The van der Waals surface area contributed by atoms with Crippen LogP contribution < -0.4 is 5.32 Å². The number of carbonyl (C=O) groups is 1. The number of nitrogens with one attached hydrogen (secondary N) is 1. The first-order chi connectivity index (χ1) is 12.0. The molecule has 1 fully saturated rings. The van der Waals surface area contributed by atoms with E-state index in [2.05, 4.69) is 29.3 Å². The molecule has 1 aliphatic rings. The lowest BCUT2D eigenvalue weighted by Gasteiger charge is -2.15. The highest BCUT2D eigenvalue weighted by Crippen LogP contribution is 2.21. The normalized spacial score (nSPS) is 17.4. The van der Waals surface area contributed by atoms with Gasteiger partial charge in [0, 0.05) is 18.7 Å². The summed E-state index contributed by atoms with van der Waals surface area (Å²) in [6.07, 6.45) is 1.08. The van der Waals surface area contributed by atoms with E-state index in [1.807, 2.05) is 6.92 Å². The first-order valence-corrected chi connectivity index (χ1v) is 8.62. The lowest BCUT2D eigenvalue weighted by atomic mass is 10.1. The predicted molar refractivity (Wildman–Crippen MR) is 95.1 cm³/mol. The number of hydrogen-bond donors (Lipinski definition) is 1. The van der Waals surface area contributed by atoms with Gasteiger partial charge in [-0.2, -0.15) is 5.26 Å². The molecule has 1 aromatic carbocycles. The van der Waals surface area contributed by atoms with Crippen molar-refractivity contribution in [3.63, 3.8) is 0 Å². The minimum Gasteiger partial charge on any atom is -0.465 e. The second kappa shape index (κ2) is 7.54. The number of nitrogens with zero attached hydrogens (tertiary/aromatic N) is 2. The lowest BCUT2D eigenvalue weighted by Crippen LogP contribution is -2.30. The Bertz CT molecular complexity index is 767. The third-order valence-corrected chi connectivity index (χ3v) is 4.79. The van der Waals surface area contributed by atoms with Crippen LogP contribution in [0.4, 0.5) is 0 Å². The molecule has 1 atom stereocenters. The minimum absolute atomic E-state index is 0.0831.